The fourth-order valence-electron chi connectivity index (χ4n) is 2.16. The molecule has 1 saturated heterocycles. The van der Waals surface area contributed by atoms with Crippen LogP contribution in [0.15, 0.2) is 12.4 Å². The summed E-state index contributed by atoms with van der Waals surface area (Å²) in [5, 5.41) is 0. The van der Waals surface area contributed by atoms with Crippen molar-refractivity contribution >= 4 is 5.82 Å². The van der Waals surface area contributed by atoms with Crippen LogP contribution in [-0.2, 0) is 4.74 Å². The fraction of sp³-hybridized carbons (Fsp3) is 0.692. The molecule has 1 aromatic rings. The molecular weight excluding hydrogens is 230 g/mol. The number of aromatic nitrogens is 2. The van der Waals surface area contributed by atoms with Crippen LogP contribution in [0.5, 0.6) is 5.88 Å². The molecule has 100 valence electrons. The number of ether oxygens (including phenoxy) is 2. The highest BCUT2D eigenvalue weighted by molar-refractivity contribution is 5.48. The molecule has 0 radical (unpaired) electrons. The normalized spacial score (nSPS) is 20.2. The van der Waals surface area contributed by atoms with Crippen LogP contribution in [-0.4, -0.2) is 42.4 Å². The zero-order chi connectivity index (χ0) is 13.0. The monoisotopic (exact) mass is 251 g/mol. The second kappa shape index (κ2) is 6.00. The summed E-state index contributed by atoms with van der Waals surface area (Å²) in [5.41, 5.74) is 0. The SMILES string of the molecule is COC1CCCN(c2nccnc2OC(C)C)C1. The average molecular weight is 251 g/mol. The molecule has 5 nitrogen and oxygen atoms in total. The standard InChI is InChI=1S/C13H21N3O2/c1-10(2)18-13-12(14-6-7-15-13)16-8-4-5-11(9-16)17-3/h6-7,10-11H,4-5,8-9H2,1-3H3. The largest absolute Gasteiger partial charge is 0.472 e. The van der Waals surface area contributed by atoms with Crippen LogP contribution in [0.1, 0.15) is 26.7 Å². The van der Waals surface area contributed by atoms with E-state index in [4.69, 9.17) is 9.47 Å². The first-order valence-corrected chi connectivity index (χ1v) is 6.46. The number of piperidine rings is 1. The lowest BCUT2D eigenvalue weighted by Crippen LogP contribution is -2.40. The molecule has 18 heavy (non-hydrogen) atoms. The molecule has 5 heteroatoms. The molecule has 0 aromatic carbocycles. The molecule has 0 N–H and O–H groups in total. The maximum Gasteiger partial charge on any atom is 0.257 e. The minimum atomic E-state index is 0.100. The Kier molecular flexibility index (Phi) is 4.36. The van der Waals surface area contributed by atoms with Gasteiger partial charge < -0.3 is 14.4 Å². The number of hydrogen-bond acceptors (Lipinski definition) is 5. The molecule has 0 bridgehead atoms. The third-order valence-corrected chi connectivity index (χ3v) is 3.00. The van der Waals surface area contributed by atoms with Gasteiger partial charge >= 0.3 is 0 Å². The Morgan fingerprint density at radius 2 is 2.11 bits per heavy atom. The van der Waals surface area contributed by atoms with Gasteiger partial charge in [0.25, 0.3) is 5.88 Å². The van der Waals surface area contributed by atoms with Gasteiger partial charge in [0, 0.05) is 32.6 Å². The molecule has 0 spiro atoms. The van der Waals surface area contributed by atoms with Crippen molar-refractivity contribution in [3.05, 3.63) is 12.4 Å². The van der Waals surface area contributed by atoms with Gasteiger partial charge in [0.05, 0.1) is 12.2 Å². The van der Waals surface area contributed by atoms with E-state index in [1.165, 1.54) is 0 Å². The van der Waals surface area contributed by atoms with Crippen molar-refractivity contribution in [1.29, 1.82) is 0 Å². The summed E-state index contributed by atoms with van der Waals surface area (Å²) in [6, 6.07) is 0. The summed E-state index contributed by atoms with van der Waals surface area (Å²) in [6.07, 6.45) is 5.96. The van der Waals surface area contributed by atoms with E-state index in [1.807, 2.05) is 13.8 Å². The van der Waals surface area contributed by atoms with E-state index in [1.54, 1.807) is 19.5 Å². The van der Waals surface area contributed by atoms with Gasteiger partial charge in [-0.25, -0.2) is 9.97 Å². The van der Waals surface area contributed by atoms with E-state index in [0.717, 1.165) is 31.7 Å². The Labute approximate surface area is 108 Å². The predicted octanol–water partition coefficient (Wildman–Crippen LogP) is 1.88. The quantitative estimate of drug-likeness (QED) is 0.817. The van der Waals surface area contributed by atoms with E-state index in [2.05, 4.69) is 14.9 Å². The maximum atomic E-state index is 5.71. The van der Waals surface area contributed by atoms with Crippen molar-refractivity contribution in [2.45, 2.75) is 38.9 Å². The Bertz CT molecular complexity index is 384. The lowest BCUT2D eigenvalue weighted by atomic mass is 10.1. The van der Waals surface area contributed by atoms with Crippen molar-refractivity contribution in [3.8, 4) is 5.88 Å². The van der Waals surface area contributed by atoms with Gasteiger partial charge in [0.1, 0.15) is 0 Å². The molecule has 1 fully saturated rings. The molecule has 2 heterocycles. The second-order valence-corrected chi connectivity index (χ2v) is 4.80. The van der Waals surface area contributed by atoms with Crippen LogP contribution in [0.4, 0.5) is 5.82 Å². The minimum absolute atomic E-state index is 0.100. The highest BCUT2D eigenvalue weighted by Gasteiger charge is 2.23. The Balaban J connectivity index is 2.16. The molecule has 1 aromatic heterocycles. The Hall–Kier alpha value is -1.36. The maximum absolute atomic E-state index is 5.71. The summed E-state index contributed by atoms with van der Waals surface area (Å²) >= 11 is 0. The van der Waals surface area contributed by atoms with Gasteiger partial charge in [-0.3, -0.25) is 0 Å². The summed E-state index contributed by atoms with van der Waals surface area (Å²) < 4.78 is 11.1. The summed E-state index contributed by atoms with van der Waals surface area (Å²) in [4.78, 5) is 10.9. The molecule has 1 atom stereocenters. The predicted molar refractivity (Wildman–Crippen MR) is 70.0 cm³/mol. The zero-order valence-electron chi connectivity index (χ0n) is 11.3. The van der Waals surface area contributed by atoms with Crippen molar-refractivity contribution in [1.82, 2.24) is 9.97 Å². The van der Waals surface area contributed by atoms with Gasteiger partial charge in [0.15, 0.2) is 5.82 Å². The van der Waals surface area contributed by atoms with Gasteiger partial charge in [-0.05, 0) is 26.7 Å². The van der Waals surface area contributed by atoms with Crippen molar-refractivity contribution in [2.75, 3.05) is 25.1 Å². The molecule has 1 aliphatic heterocycles. The first-order chi connectivity index (χ1) is 8.70. The first kappa shape index (κ1) is 13.1. The molecular formula is C13H21N3O2. The van der Waals surface area contributed by atoms with Crippen LogP contribution < -0.4 is 9.64 Å². The lowest BCUT2D eigenvalue weighted by Gasteiger charge is -2.33. The van der Waals surface area contributed by atoms with E-state index >= 15 is 0 Å². The minimum Gasteiger partial charge on any atom is -0.472 e. The van der Waals surface area contributed by atoms with Crippen LogP contribution in [0, 0.1) is 0 Å². The van der Waals surface area contributed by atoms with E-state index in [0.29, 0.717) is 5.88 Å². The van der Waals surface area contributed by atoms with Gasteiger partial charge in [-0.15, -0.1) is 0 Å². The number of rotatable bonds is 4. The molecule has 0 saturated carbocycles. The van der Waals surface area contributed by atoms with Crippen molar-refractivity contribution in [3.63, 3.8) is 0 Å². The third kappa shape index (κ3) is 3.10. The number of hydrogen-bond donors (Lipinski definition) is 0. The molecule has 0 amide bonds. The zero-order valence-corrected chi connectivity index (χ0v) is 11.3. The van der Waals surface area contributed by atoms with Crippen LogP contribution in [0.3, 0.4) is 0 Å². The van der Waals surface area contributed by atoms with Crippen LogP contribution >= 0.6 is 0 Å². The first-order valence-electron chi connectivity index (χ1n) is 6.46. The van der Waals surface area contributed by atoms with Crippen LogP contribution in [0.2, 0.25) is 0 Å². The smallest absolute Gasteiger partial charge is 0.257 e. The Morgan fingerprint density at radius 3 is 2.83 bits per heavy atom. The van der Waals surface area contributed by atoms with Crippen LogP contribution in [0.25, 0.3) is 0 Å². The molecule has 1 unspecified atom stereocenters. The lowest BCUT2D eigenvalue weighted by molar-refractivity contribution is 0.0888. The summed E-state index contributed by atoms with van der Waals surface area (Å²) in [5.74, 6) is 1.44. The van der Waals surface area contributed by atoms with Gasteiger partial charge in [0.2, 0.25) is 0 Å². The topological polar surface area (TPSA) is 47.5 Å². The molecule has 2 rings (SSSR count). The average Bonchev–Trinajstić information content (AvgIpc) is 2.39. The number of methoxy groups -OCH3 is 1. The Morgan fingerprint density at radius 1 is 1.33 bits per heavy atom. The number of nitrogens with zero attached hydrogens (tertiary/aromatic N) is 3. The van der Waals surface area contributed by atoms with Crippen molar-refractivity contribution < 1.29 is 9.47 Å². The third-order valence-electron chi connectivity index (χ3n) is 3.00. The van der Waals surface area contributed by atoms with E-state index in [9.17, 15) is 0 Å². The van der Waals surface area contributed by atoms with Gasteiger partial charge in [-0.2, -0.15) is 0 Å². The molecule has 0 aliphatic carbocycles. The fourth-order valence-corrected chi connectivity index (χ4v) is 2.16. The summed E-state index contributed by atoms with van der Waals surface area (Å²) in [6.45, 7) is 5.82. The van der Waals surface area contributed by atoms with Gasteiger partial charge in [-0.1, -0.05) is 0 Å². The van der Waals surface area contributed by atoms with Crippen molar-refractivity contribution in [2.24, 2.45) is 0 Å². The second-order valence-electron chi connectivity index (χ2n) is 4.80. The summed E-state index contributed by atoms with van der Waals surface area (Å²) in [7, 11) is 1.76. The van der Waals surface area contributed by atoms with E-state index < -0.39 is 0 Å². The molecule has 1 aliphatic rings. The highest BCUT2D eigenvalue weighted by atomic mass is 16.5. The highest BCUT2D eigenvalue weighted by Crippen LogP contribution is 2.26. The van der Waals surface area contributed by atoms with E-state index in [-0.39, 0.29) is 12.2 Å². The number of anilines is 1.